The molecule has 0 bridgehead atoms. The number of anilines is 1. The first kappa shape index (κ1) is 12.5. The molecule has 1 atom stereocenters. The fourth-order valence-corrected chi connectivity index (χ4v) is 2.88. The van der Waals surface area contributed by atoms with Crippen molar-refractivity contribution < 1.29 is 4.39 Å². The highest BCUT2D eigenvalue weighted by Gasteiger charge is 2.32. The molecule has 1 aromatic carbocycles. The van der Waals surface area contributed by atoms with E-state index in [1.54, 1.807) is 11.3 Å². The fraction of sp³-hybridized carbons (Fsp3) is 0.429. The Balaban J connectivity index is 1.79. The van der Waals surface area contributed by atoms with E-state index in [-0.39, 0.29) is 11.9 Å². The van der Waals surface area contributed by atoms with Crippen molar-refractivity contribution in [3.8, 4) is 0 Å². The molecule has 0 aliphatic heterocycles. The molecule has 0 amide bonds. The van der Waals surface area contributed by atoms with Crippen molar-refractivity contribution in [2.24, 2.45) is 5.92 Å². The van der Waals surface area contributed by atoms with Crippen molar-refractivity contribution in [3.05, 3.63) is 40.7 Å². The Kier molecular flexibility index (Phi) is 3.46. The monoisotopic (exact) mass is 277 g/mol. The second-order valence-corrected chi connectivity index (χ2v) is 5.93. The lowest BCUT2D eigenvalue weighted by atomic mass is 10.0. The van der Waals surface area contributed by atoms with Gasteiger partial charge in [-0.2, -0.15) is 0 Å². The van der Waals surface area contributed by atoms with Gasteiger partial charge in [0.1, 0.15) is 10.8 Å². The molecule has 100 valence electrons. The average Bonchev–Trinajstić information content (AvgIpc) is 3.17. The summed E-state index contributed by atoms with van der Waals surface area (Å²) in [6.07, 6.45) is 3.34. The largest absolute Gasteiger partial charge is 0.353 e. The van der Waals surface area contributed by atoms with Crippen LogP contribution in [0.25, 0.3) is 0 Å². The molecule has 3 nitrogen and oxygen atoms in total. The number of hydrogen-bond acceptors (Lipinski definition) is 4. The Bertz CT molecular complexity index is 548. The molecule has 5 heteroatoms. The molecule has 2 aromatic rings. The second-order valence-electron chi connectivity index (χ2n) is 4.87. The maximum atomic E-state index is 13.0. The number of nitrogens with zero attached hydrogens (tertiary/aromatic N) is 2. The summed E-state index contributed by atoms with van der Waals surface area (Å²) in [5.74, 6) is 0.432. The number of benzene rings is 1. The van der Waals surface area contributed by atoms with E-state index in [0.29, 0.717) is 5.92 Å². The maximum absolute atomic E-state index is 13.0. The van der Waals surface area contributed by atoms with Crippen molar-refractivity contribution >= 4 is 16.5 Å². The first-order chi connectivity index (χ1) is 9.26. The number of rotatable bonds is 5. The zero-order chi connectivity index (χ0) is 13.2. The molecule has 19 heavy (non-hydrogen) atoms. The lowest BCUT2D eigenvalue weighted by molar-refractivity contribution is 0.622. The zero-order valence-corrected chi connectivity index (χ0v) is 11.6. The summed E-state index contributed by atoms with van der Waals surface area (Å²) >= 11 is 1.60. The molecule has 1 N–H and O–H groups in total. The van der Waals surface area contributed by atoms with Crippen molar-refractivity contribution in [1.82, 2.24) is 10.2 Å². The summed E-state index contributed by atoms with van der Waals surface area (Å²) in [5.41, 5.74) is 1.12. The minimum atomic E-state index is -0.192. The number of aryl methyl sites for hydroxylation is 1. The topological polar surface area (TPSA) is 37.8 Å². The van der Waals surface area contributed by atoms with Gasteiger partial charge in [-0.15, -0.1) is 10.2 Å². The van der Waals surface area contributed by atoms with E-state index in [2.05, 4.69) is 22.4 Å². The number of aromatic nitrogens is 2. The van der Waals surface area contributed by atoms with Gasteiger partial charge in [0.25, 0.3) is 0 Å². The van der Waals surface area contributed by atoms with Gasteiger partial charge in [0.05, 0.1) is 6.04 Å². The van der Waals surface area contributed by atoms with Crippen LogP contribution in [0.4, 0.5) is 9.52 Å². The van der Waals surface area contributed by atoms with Crippen molar-refractivity contribution in [2.45, 2.75) is 32.2 Å². The third-order valence-corrected chi connectivity index (χ3v) is 4.37. The molecule has 1 fully saturated rings. The third-order valence-electron chi connectivity index (χ3n) is 3.37. The van der Waals surface area contributed by atoms with Crippen LogP contribution >= 0.6 is 11.3 Å². The predicted octanol–water partition coefficient (Wildman–Crippen LogP) is 3.80. The number of hydrogen-bond donors (Lipinski definition) is 1. The van der Waals surface area contributed by atoms with Crippen LogP contribution in [0.15, 0.2) is 24.3 Å². The van der Waals surface area contributed by atoms with E-state index in [9.17, 15) is 4.39 Å². The highest BCUT2D eigenvalue weighted by Crippen LogP contribution is 2.43. The van der Waals surface area contributed by atoms with Crippen LogP contribution in [-0.4, -0.2) is 10.2 Å². The molecule has 3 rings (SSSR count). The zero-order valence-electron chi connectivity index (χ0n) is 10.8. The van der Waals surface area contributed by atoms with Gasteiger partial charge in [-0.1, -0.05) is 30.4 Å². The van der Waals surface area contributed by atoms with Crippen LogP contribution in [0, 0.1) is 11.7 Å². The summed E-state index contributed by atoms with van der Waals surface area (Å²) in [7, 11) is 0. The molecule has 1 saturated carbocycles. The van der Waals surface area contributed by atoms with Gasteiger partial charge in [0, 0.05) is 0 Å². The summed E-state index contributed by atoms with van der Waals surface area (Å²) in [6.45, 7) is 2.07. The molecule has 1 heterocycles. The summed E-state index contributed by atoms with van der Waals surface area (Å²) in [6, 6.07) is 6.96. The van der Waals surface area contributed by atoms with E-state index in [1.165, 1.54) is 25.0 Å². The summed E-state index contributed by atoms with van der Waals surface area (Å²) in [4.78, 5) is 0. The minimum Gasteiger partial charge on any atom is -0.353 e. The molecule has 1 aliphatic carbocycles. The fourth-order valence-electron chi connectivity index (χ4n) is 2.16. The quantitative estimate of drug-likeness (QED) is 0.903. The Morgan fingerprint density at radius 1 is 1.32 bits per heavy atom. The molecular formula is C14H16FN3S. The summed E-state index contributed by atoms with van der Waals surface area (Å²) in [5, 5.41) is 13.6. The van der Waals surface area contributed by atoms with Gasteiger partial charge in [0.2, 0.25) is 5.13 Å². The van der Waals surface area contributed by atoms with Crippen molar-refractivity contribution in [3.63, 3.8) is 0 Å². The molecule has 0 spiro atoms. The SMILES string of the molecule is CCc1nnc(NC(c2ccc(F)cc2)C2CC2)s1. The lowest BCUT2D eigenvalue weighted by Crippen LogP contribution is -2.12. The lowest BCUT2D eigenvalue weighted by Gasteiger charge is -2.17. The van der Waals surface area contributed by atoms with Gasteiger partial charge in [0.15, 0.2) is 0 Å². The average molecular weight is 277 g/mol. The highest BCUT2D eigenvalue weighted by atomic mass is 32.1. The molecule has 1 aromatic heterocycles. The Morgan fingerprint density at radius 3 is 2.63 bits per heavy atom. The normalized spacial score (nSPS) is 16.3. The van der Waals surface area contributed by atoms with Crippen LogP contribution in [0.5, 0.6) is 0 Å². The van der Waals surface area contributed by atoms with E-state index in [1.807, 2.05) is 12.1 Å². The second kappa shape index (κ2) is 5.25. The third kappa shape index (κ3) is 2.92. The molecule has 0 saturated heterocycles. The van der Waals surface area contributed by atoms with Gasteiger partial charge < -0.3 is 5.32 Å². The van der Waals surface area contributed by atoms with Crippen LogP contribution in [-0.2, 0) is 6.42 Å². The van der Waals surface area contributed by atoms with E-state index < -0.39 is 0 Å². The summed E-state index contributed by atoms with van der Waals surface area (Å²) < 4.78 is 13.0. The number of nitrogens with one attached hydrogen (secondary N) is 1. The van der Waals surface area contributed by atoms with E-state index in [0.717, 1.165) is 22.1 Å². The Labute approximate surface area is 115 Å². The first-order valence-corrected chi connectivity index (χ1v) is 7.42. The van der Waals surface area contributed by atoms with Gasteiger partial charge >= 0.3 is 0 Å². The van der Waals surface area contributed by atoms with Crippen LogP contribution in [0.3, 0.4) is 0 Å². The first-order valence-electron chi connectivity index (χ1n) is 6.60. The molecule has 0 radical (unpaired) electrons. The highest BCUT2D eigenvalue weighted by molar-refractivity contribution is 7.15. The van der Waals surface area contributed by atoms with Crippen LogP contribution < -0.4 is 5.32 Å². The Morgan fingerprint density at radius 2 is 2.05 bits per heavy atom. The minimum absolute atomic E-state index is 0.192. The Hall–Kier alpha value is -1.49. The van der Waals surface area contributed by atoms with Crippen molar-refractivity contribution in [1.29, 1.82) is 0 Å². The van der Waals surface area contributed by atoms with Crippen LogP contribution in [0.2, 0.25) is 0 Å². The molecule has 1 aliphatic rings. The van der Waals surface area contributed by atoms with Crippen LogP contribution in [0.1, 0.15) is 36.4 Å². The predicted molar refractivity (Wildman–Crippen MR) is 74.8 cm³/mol. The van der Waals surface area contributed by atoms with E-state index >= 15 is 0 Å². The van der Waals surface area contributed by atoms with Crippen molar-refractivity contribution in [2.75, 3.05) is 5.32 Å². The number of halogens is 1. The standard InChI is InChI=1S/C14H16FN3S/c1-2-12-17-18-14(19-12)16-13(9-3-4-9)10-5-7-11(15)8-6-10/h5-9,13H,2-4H2,1H3,(H,16,18). The maximum Gasteiger partial charge on any atom is 0.206 e. The molecule has 1 unspecified atom stereocenters. The van der Waals surface area contributed by atoms with E-state index in [4.69, 9.17) is 0 Å². The van der Waals surface area contributed by atoms with Gasteiger partial charge in [-0.05, 0) is 42.9 Å². The smallest absolute Gasteiger partial charge is 0.206 e. The van der Waals surface area contributed by atoms with Gasteiger partial charge in [-0.25, -0.2) is 4.39 Å². The van der Waals surface area contributed by atoms with Gasteiger partial charge in [-0.3, -0.25) is 0 Å². The molecular weight excluding hydrogens is 261 g/mol.